The van der Waals surface area contributed by atoms with Gasteiger partial charge < -0.3 is 4.74 Å². The summed E-state index contributed by atoms with van der Waals surface area (Å²) in [7, 11) is 0. The molecule has 12 heavy (non-hydrogen) atoms. The highest BCUT2D eigenvalue weighted by atomic mass is 32.1. The summed E-state index contributed by atoms with van der Waals surface area (Å²) in [6.07, 6.45) is 1.09. The van der Waals surface area contributed by atoms with Crippen molar-refractivity contribution in [1.82, 2.24) is 0 Å². The van der Waals surface area contributed by atoms with Crippen LogP contribution in [0.3, 0.4) is 0 Å². The number of hydrogen-bond donors (Lipinski definition) is 0. The molecule has 2 heterocycles. The Balaban J connectivity index is 2.44. The molecule has 2 heteroatoms. The summed E-state index contributed by atoms with van der Waals surface area (Å²) in [4.78, 5) is 1.41. The Hall–Kier alpha value is -1.02. The molecule has 0 saturated heterocycles. The predicted octanol–water partition coefficient (Wildman–Crippen LogP) is 2.84. The van der Waals surface area contributed by atoms with Crippen LogP contribution in [0.25, 0.3) is 10.1 Å². The topological polar surface area (TPSA) is 9.23 Å². The van der Waals surface area contributed by atoms with Gasteiger partial charge in [0, 0.05) is 16.5 Å². The number of fused-ring (bicyclic) bond motifs is 3. The van der Waals surface area contributed by atoms with Gasteiger partial charge in [0.15, 0.2) is 0 Å². The zero-order valence-electron chi connectivity index (χ0n) is 6.54. The highest BCUT2D eigenvalue weighted by molar-refractivity contribution is 7.19. The largest absolute Gasteiger partial charge is 0.491 e. The van der Waals surface area contributed by atoms with Gasteiger partial charge in [0.05, 0.1) is 11.5 Å². The molecule has 0 radical (unpaired) electrons. The van der Waals surface area contributed by atoms with E-state index in [9.17, 15) is 0 Å². The van der Waals surface area contributed by atoms with Crippen LogP contribution in [-0.2, 0) is 6.42 Å². The van der Waals surface area contributed by atoms with Crippen LogP contribution < -0.4 is 4.74 Å². The second-order valence-electron chi connectivity index (χ2n) is 2.95. The van der Waals surface area contributed by atoms with Gasteiger partial charge in [0.25, 0.3) is 0 Å². The molecule has 0 N–H and O–H groups in total. The van der Waals surface area contributed by atoms with E-state index in [1.807, 2.05) is 11.3 Å². The van der Waals surface area contributed by atoms with Crippen LogP contribution in [-0.4, -0.2) is 6.61 Å². The molecule has 1 aliphatic rings. The summed E-state index contributed by atoms with van der Waals surface area (Å²) in [5.74, 6) is 1.13. The normalized spacial score (nSPS) is 14.7. The third-order valence-corrected chi connectivity index (χ3v) is 3.41. The molecule has 0 bridgehead atoms. The Kier molecular flexibility index (Phi) is 1.21. The van der Waals surface area contributed by atoms with Crippen molar-refractivity contribution in [1.29, 1.82) is 0 Å². The summed E-state index contributed by atoms with van der Waals surface area (Å²) in [6.45, 7) is 0.867. The first-order valence-electron chi connectivity index (χ1n) is 4.08. The molecule has 2 aromatic rings. The van der Waals surface area contributed by atoms with E-state index in [1.54, 1.807) is 0 Å². The molecule has 0 spiro atoms. The second-order valence-corrected chi connectivity index (χ2v) is 4.09. The first kappa shape index (κ1) is 6.49. The molecule has 0 amide bonds. The zero-order chi connectivity index (χ0) is 7.97. The lowest BCUT2D eigenvalue weighted by molar-refractivity contribution is 0.360. The van der Waals surface area contributed by atoms with Crippen molar-refractivity contribution in [2.45, 2.75) is 6.42 Å². The van der Waals surface area contributed by atoms with Crippen LogP contribution >= 0.6 is 11.3 Å². The highest BCUT2D eigenvalue weighted by Crippen LogP contribution is 2.40. The van der Waals surface area contributed by atoms with Gasteiger partial charge in [-0.1, -0.05) is 12.1 Å². The fourth-order valence-corrected chi connectivity index (χ4v) is 2.77. The minimum absolute atomic E-state index is 0.867. The maximum atomic E-state index is 5.56. The fourth-order valence-electron chi connectivity index (χ4n) is 1.64. The number of thiophene rings is 1. The van der Waals surface area contributed by atoms with Gasteiger partial charge in [-0.15, -0.1) is 11.3 Å². The summed E-state index contributed by atoms with van der Waals surface area (Å²) in [6, 6.07) is 8.43. The molecule has 1 aliphatic heterocycles. The van der Waals surface area contributed by atoms with Gasteiger partial charge in [-0.3, -0.25) is 0 Å². The van der Waals surface area contributed by atoms with Crippen molar-refractivity contribution in [3.63, 3.8) is 0 Å². The van der Waals surface area contributed by atoms with Crippen molar-refractivity contribution in [3.8, 4) is 5.75 Å². The first-order chi connectivity index (χ1) is 5.95. The second kappa shape index (κ2) is 2.23. The van der Waals surface area contributed by atoms with Crippen molar-refractivity contribution in [2.75, 3.05) is 6.61 Å². The van der Waals surface area contributed by atoms with Crippen LogP contribution in [0.5, 0.6) is 5.75 Å². The quantitative estimate of drug-likeness (QED) is 0.599. The molecule has 0 aliphatic carbocycles. The van der Waals surface area contributed by atoms with Crippen molar-refractivity contribution in [3.05, 3.63) is 29.1 Å². The number of benzene rings is 1. The van der Waals surface area contributed by atoms with Gasteiger partial charge in [-0.25, -0.2) is 0 Å². The van der Waals surface area contributed by atoms with Gasteiger partial charge in [-0.2, -0.15) is 0 Å². The van der Waals surface area contributed by atoms with E-state index >= 15 is 0 Å². The summed E-state index contributed by atoms with van der Waals surface area (Å²) >= 11 is 1.86. The standard InChI is InChI=1S/C10H8OS/c1-2-4-8-7(3-1)10-9(12-8)5-6-11-10/h1-4H,5-6H2. The van der Waals surface area contributed by atoms with E-state index in [-0.39, 0.29) is 0 Å². The molecule has 1 aromatic heterocycles. The molecule has 0 atom stereocenters. The maximum Gasteiger partial charge on any atom is 0.141 e. The van der Waals surface area contributed by atoms with Gasteiger partial charge in [0.1, 0.15) is 5.75 Å². The van der Waals surface area contributed by atoms with Gasteiger partial charge in [0.2, 0.25) is 0 Å². The molecule has 1 aromatic carbocycles. The number of rotatable bonds is 0. The van der Waals surface area contributed by atoms with E-state index in [0.717, 1.165) is 18.8 Å². The van der Waals surface area contributed by atoms with E-state index < -0.39 is 0 Å². The summed E-state index contributed by atoms with van der Waals surface area (Å²) in [5, 5.41) is 1.29. The third-order valence-electron chi connectivity index (χ3n) is 2.19. The van der Waals surface area contributed by atoms with E-state index in [1.165, 1.54) is 15.0 Å². The molecule has 1 nitrogen and oxygen atoms in total. The van der Waals surface area contributed by atoms with Gasteiger partial charge >= 0.3 is 0 Å². The Morgan fingerprint density at radius 1 is 1.25 bits per heavy atom. The molecular formula is C10H8OS. The molecule has 0 fully saturated rings. The van der Waals surface area contributed by atoms with Crippen molar-refractivity contribution < 1.29 is 4.74 Å². The minimum Gasteiger partial charge on any atom is -0.491 e. The van der Waals surface area contributed by atoms with Crippen LogP contribution in [0.4, 0.5) is 0 Å². The molecule has 0 unspecified atom stereocenters. The molecule has 0 saturated carbocycles. The lowest BCUT2D eigenvalue weighted by Crippen LogP contribution is -1.87. The Morgan fingerprint density at radius 3 is 3.17 bits per heavy atom. The Bertz CT molecular complexity index is 430. The molecule has 3 rings (SSSR count). The zero-order valence-corrected chi connectivity index (χ0v) is 7.36. The van der Waals surface area contributed by atoms with Crippen LogP contribution in [0.2, 0.25) is 0 Å². The Morgan fingerprint density at radius 2 is 2.17 bits per heavy atom. The van der Waals surface area contributed by atoms with E-state index in [4.69, 9.17) is 4.74 Å². The molecular weight excluding hydrogens is 168 g/mol. The predicted molar refractivity (Wildman–Crippen MR) is 51.0 cm³/mol. The smallest absolute Gasteiger partial charge is 0.141 e. The number of ether oxygens (including phenoxy) is 1. The average Bonchev–Trinajstić information content (AvgIpc) is 2.62. The Labute approximate surface area is 74.6 Å². The minimum atomic E-state index is 0.867. The van der Waals surface area contributed by atoms with Gasteiger partial charge in [-0.05, 0) is 12.1 Å². The van der Waals surface area contributed by atoms with E-state index in [0.29, 0.717) is 0 Å². The highest BCUT2D eigenvalue weighted by Gasteiger charge is 2.17. The van der Waals surface area contributed by atoms with Crippen LogP contribution in [0, 0.1) is 0 Å². The van der Waals surface area contributed by atoms with Crippen LogP contribution in [0.15, 0.2) is 24.3 Å². The van der Waals surface area contributed by atoms with Crippen LogP contribution in [0.1, 0.15) is 4.88 Å². The number of hydrogen-bond acceptors (Lipinski definition) is 2. The monoisotopic (exact) mass is 176 g/mol. The van der Waals surface area contributed by atoms with Crippen molar-refractivity contribution >= 4 is 21.4 Å². The van der Waals surface area contributed by atoms with Crippen molar-refractivity contribution in [2.24, 2.45) is 0 Å². The molecule has 60 valence electrons. The fraction of sp³-hybridized carbons (Fsp3) is 0.200. The third kappa shape index (κ3) is 0.730. The first-order valence-corrected chi connectivity index (χ1v) is 4.90. The van der Waals surface area contributed by atoms with E-state index in [2.05, 4.69) is 24.3 Å². The maximum absolute atomic E-state index is 5.56. The lowest BCUT2D eigenvalue weighted by atomic mass is 10.2. The summed E-state index contributed by atoms with van der Waals surface area (Å²) < 4.78 is 6.91. The SMILES string of the molecule is c1ccc2c3c(sc2c1)CCO3. The lowest BCUT2D eigenvalue weighted by Gasteiger charge is -1.94. The average molecular weight is 176 g/mol. The summed E-state index contributed by atoms with van der Waals surface area (Å²) in [5.41, 5.74) is 0.